The topological polar surface area (TPSA) is 42.0 Å². The van der Waals surface area contributed by atoms with Crippen LogP contribution in [-0.4, -0.2) is 10.9 Å². The standard InChI is InChI=1S/C14H13BrN2O/c1-9-5-12(8-16-7-9)17-14(18)13-6-11(15)4-3-10(13)2/h3-8H,1-2H3,(H,17,18). The van der Waals surface area contributed by atoms with Gasteiger partial charge in [0, 0.05) is 16.2 Å². The van der Waals surface area contributed by atoms with Crippen LogP contribution in [0.3, 0.4) is 0 Å². The van der Waals surface area contributed by atoms with Crippen molar-refractivity contribution in [2.75, 3.05) is 5.32 Å². The van der Waals surface area contributed by atoms with E-state index in [2.05, 4.69) is 26.2 Å². The number of rotatable bonds is 2. The molecule has 0 saturated heterocycles. The van der Waals surface area contributed by atoms with Crippen LogP contribution in [0.15, 0.2) is 41.1 Å². The maximum Gasteiger partial charge on any atom is 0.256 e. The Hall–Kier alpha value is -1.68. The van der Waals surface area contributed by atoms with Gasteiger partial charge in [-0.15, -0.1) is 0 Å². The van der Waals surface area contributed by atoms with Crippen LogP contribution in [-0.2, 0) is 0 Å². The molecule has 2 rings (SSSR count). The minimum absolute atomic E-state index is 0.124. The number of carbonyl (C=O) groups excluding carboxylic acids is 1. The van der Waals surface area contributed by atoms with Crippen molar-refractivity contribution < 1.29 is 4.79 Å². The van der Waals surface area contributed by atoms with E-state index in [1.54, 1.807) is 12.4 Å². The summed E-state index contributed by atoms with van der Waals surface area (Å²) < 4.78 is 0.889. The summed E-state index contributed by atoms with van der Waals surface area (Å²) in [7, 11) is 0. The fraction of sp³-hybridized carbons (Fsp3) is 0.143. The number of pyridine rings is 1. The van der Waals surface area contributed by atoms with Gasteiger partial charge in [0.05, 0.1) is 11.9 Å². The van der Waals surface area contributed by atoms with Crippen LogP contribution >= 0.6 is 15.9 Å². The molecule has 92 valence electrons. The number of aromatic nitrogens is 1. The van der Waals surface area contributed by atoms with Crippen molar-refractivity contribution in [3.05, 3.63) is 57.8 Å². The molecule has 0 aliphatic rings. The Morgan fingerprint density at radius 3 is 2.72 bits per heavy atom. The predicted octanol–water partition coefficient (Wildman–Crippen LogP) is 3.71. The predicted molar refractivity (Wildman–Crippen MR) is 75.8 cm³/mol. The lowest BCUT2D eigenvalue weighted by Gasteiger charge is -2.08. The number of hydrogen-bond acceptors (Lipinski definition) is 2. The summed E-state index contributed by atoms with van der Waals surface area (Å²) in [6.45, 7) is 3.85. The molecule has 18 heavy (non-hydrogen) atoms. The molecule has 4 heteroatoms. The van der Waals surface area contributed by atoms with Gasteiger partial charge in [0.25, 0.3) is 5.91 Å². The maximum atomic E-state index is 12.1. The highest BCUT2D eigenvalue weighted by atomic mass is 79.9. The van der Waals surface area contributed by atoms with E-state index in [4.69, 9.17) is 0 Å². The number of anilines is 1. The highest BCUT2D eigenvalue weighted by molar-refractivity contribution is 9.10. The first-order valence-corrected chi connectivity index (χ1v) is 6.35. The Labute approximate surface area is 114 Å². The zero-order valence-corrected chi connectivity index (χ0v) is 11.8. The van der Waals surface area contributed by atoms with Crippen molar-refractivity contribution in [1.82, 2.24) is 4.98 Å². The van der Waals surface area contributed by atoms with Gasteiger partial charge in [-0.05, 0) is 43.2 Å². The molecule has 1 amide bonds. The van der Waals surface area contributed by atoms with Gasteiger partial charge >= 0.3 is 0 Å². The van der Waals surface area contributed by atoms with Crippen LogP contribution in [0.1, 0.15) is 21.5 Å². The second-order valence-corrected chi connectivity index (χ2v) is 5.08. The minimum Gasteiger partial charge on any atom is -0.321 e. The third-order valence-electron chi connectivity index (χ3n) is 2.58. The molecule has 0 saturated carbocycles. The smallest absolute Gasteiger partial charge is 0.256 e. The monoisotopic (exact) mass is 304 g/mol. The van der Waals surface area contributed by atoms with Crippen LogP contribution < -0.4 is 5.32 Å². The van der Waals surface area contributed by atoms with Gasteiger partial charge in [0.15, 0.2) is 0 Å². The zero-order valence-electron chi connectivity index (χ0n) is 10.2. The molecule has 0 atom stereocenters. The Balaban J connectivity index is 2.24. The number of nitrogens with one attached hydrogen (secondary N) is 1. The van der Waals surface area contributed by atoms with Crippen LogP contribution in [0.5, 0.6) is 0 Å². The Bertz CT molecular complexity index is 596. The summed E-state index contributed by atoms with van der Waals surface area (Å²) in [6, 6.07) is 7.53. The average Bonchev–Trinajstić information content (AvgIpc) is 2.32. The van der Waals surface area contributed by atoms with Gasteiger partial charge in [-0.1, -0.05) is 22.0 Å². The van der Waals surface area contributed by atoms with E-state index >= 15 is 0 Å². The van der Waals surface area contributed by atoms with Crippen molar-refractivity contribution in [1.29, 1.82) is 0 Å². The summed E-state index contributed by atoms with van der Waals surface area (Å²) in [4.78, 5) is 16.2. The fourth-order valence-corrected chi connectivity index (χ4v) is 2.02. The number of amides is 1. The Kier molecular flexibility index (Phi) is 3.77. The largest absolute Gasteiger partial charge is 0.321 e. The summed E-state index contributed by atoms with van der Waals surface area (Å²) in [5.41, 5.74) is 3.32. The van der Waals surface area contributed by atoms with Gasteiger partial charge in [-0.3, -0.25) is 9.78 Å². The van der Waals surface area contributed by atoms with Crippen molar-refractivity contribution in [2.24, 2.45) is 0 Å². The highest BCUT2D eigenvalue weighted by Crippen LogP contribution is 2.17. The molecule has 0 bridgehead atoms. The quantitative estimate of drug-likeness (QED) is 0.919. The van der Waals surface area contributed by atoms with E-state index < -0.39 is 0 Å². The number of aryl methyl sites for hydroxylation is 2. The molecule has 1 aromatic carbocycles. The molecule has 0 spiro atoms. The Morgan fingerprint density at radius 1 is 1.22 bits per heavy atom. The number of carbonyl (C=O) groups is 1. The number of halogens is 1. The minimum atomic E-state index is -0.124. The normalized spacial score (nSPS) is 10.2. The molecule has 1 N–H and O–H groups in total. The fourth-order valence-electron chi connectivity index (χ4n) is 1.66. The summed E-state index contributed by atoms with van der Waals surface area (Å²) in [5.74, 6) is -0.124. The first-order chi connectivity index (χ1) is 8.56. The van der Waals surface area contributed by atoms with Crippen LogP contribution in [0, 0.1) is 13.8 Å². The third-order valence-corrected chi connectivity index (χ3v) is 3.07. The molecule has 0 radical (unpaired) electrons. The molecule has 0 fully saturated rings. The molecule has 3 nitrogen and oxygen atoms in total. The molecule has 0 aliphatic carbocycles. The van der Waals surface area contributed by atoms with Crippen molar-refractivity contribution in [3.8, 4) is 0 Å². The van der Waals surface area contributed by atoms with Crippen LogP contribution in [0.4, 0.5) is 5.69 Å². The lowest BCUT2D eigenvalue weighted by Crippen LogP contribution is -2.13. The molecule has 0 aliphatic heterocycles. The summed E-state index contributed by atoms with van der Waals surface area (Å²) >= 11 is 3.37. The van der Waals surface area contributed by atoms with Crippen molar-refractivity contribution in [3.63, 3.8) is 0 Å². The van der Waals surface area contributed by atoms with Crippen molar-refractivity contribution >= 4 is 27.5 Å². The average molecular weight is 305 g/mol. The van der Waals surface area contributed by atoms with Crippen LogP contribution in [0.2, 0.25) is 0 Å². The van der Waals surface area contributed by atoms with Gasteiger partial charge in [-0.2, -0.15) is 0 Å². The molecular formula is C14H13BrN2O. The first-order valence-electron chi connectivity index (χ1n) is 5.55. The van der Waals surface area contributed by atoms with Gasteiger partial charge in [-0.25, -0.2) is 0 Å². The van der Waals surface area contributed by atoms with Gasteiger partial charge in [0.1, 0.15) is 0 Å². The van der Waals surface area contributed by atoms with E-state index in [9.17, 15) is 4.79 Å². The molecular weight excluding hydrogens is 292 g/mol. The number of hydrogen-bond donors (Lipinski definition) is 1. The second kappa shape index (κ2) is 5.31. The summed E-state index contributed by atoms with van der Waals surface area (Å²) in [6.07, 6.45) is 3.39. The maximum absolute atomic E-state index is 12.1. The van der Waals surface area contributed by atoms with E-state index in [0.717, 1.165) is 15.6 Å². The molecule has 0 unspecified atom stereocenters. The second-order valence-electron chi connectivity index (χ2n) is 4.16. The highest BCUT2D eigenvalue weighted by Gasteiger charge is 2.09. The van der Waals surface area contributed by atoms with Gasteiger partial charge < -0.3 is 5.32 Å². The lowest BCUT2D eigenvalue weighted by molar-refractivity contribution is 0.102. The molecule has 1 heterocycles. The lowest BCUT2D eigenvalue weighted by atomic mass is 10.1. The van der Waals surface area contributed by atoms with Gasteiger partial charge in [0.2, 0.25) is 0 Å². The Morgan fingerprint density at radius 2 is 2.00 bits per heavy atom. The number of nitrogens with zero attached hydrogens (tertiary/aromatic N) is 1. The number of benzene rings is 1. The molecule has 1 aromatic heterocycles. The summed E-state index contributed by atoms with van der Waals surface area (Å²) in [5, 5.41) is 2.84. The zero-order chi connectivity index (χ0) is 13.1. The first kappa shape index (κ1) is 12.8. The van der Waals surface area contributed by atoms with Crippen molar-refractivity contribution in [2.45, 2.75) is 13.8 Å². The van der Waals surface area contributed by atoms with E-state index in [1.165, 1.54) is 0 Å². The third kappa shape index (κ3) is 2.96. The van der Waals surface area contributed by atoms with E-state index in [1.807, 2.05) is 38.1 Å². The molecule has 2 aromatic rings. The van der Waals surface area contributed by atoms with Crippen LogP contribution in [0.25, 0.3) is 0 Å². The van der Waals surface area contributed by atoms with E-state index in [-0.39, 0.29) is 5.91 Å². The SMILES string of the molecule is Cc1cncc(NC(=O)c2cc(Br)ccc2C)c1. The van der Waals surface area contributed by atoms with E-state index in [0.29, 0.717) is 11.3 Å².